The molecule has 4 rings (SSSR count). The van der Waals surface area contributed by atoms with Crippen LogP contribution in [-0.2, 0) is 19.4 Å². The average molecular weight is 367 g/mol. The zero-order valence-electron chi connectivity index (χ0n) is 16.2. The number of aryl methyl sites for hydroxylation is 2. The summed E-state index contributed by atoms with van der Waals surface area (Å²) in [6.45, 7) is 0.599. The van der Waals surface area contributed by atoms with Crippen LogP contribution in [0, 0.1) is 0 Å². The highest BCUT2D eigenvalue weighted by molar-refractivity contribution is 5.82. The van der Waals surface area contributed by atoms with E-state index in [0.717, 1.165) is 18.6 Å². The molecule has 0 saturated heterocycles. The van der Waals surface area contributed by atoms with Gasteiger partial charge >= 0.3 is 0 Å². The molecule has 0 saturated carbocycles. The smallest absolute Gasteiger partial charge is 0.120 e. The Balaban J connectivity index is 1.29. The van der Waals surface area contributed by atoms with Gasteiger partial charge in [-0.25, -0.2) is 0 Å². The van der Waals surface area contributed by atoms with E-state index >= 15 is 0 Å². The maximum Gasteiger partial charge on any atom is 0.120 e. The lowest BCUT2D eigenvalue weighted by atomic mass is 10.0. The van der Waals surface area contributed by atoms with Crippen LogP contribution in [-0.4, -0.2) is 0 Å². The lowest BCUT2D eigenvalue weighted by Gasteiger charge is -2.09. The molecule has 4 aromatic carbocycles. The van der Waals surface area contributed by atoms with Gasteiger partial charge in [0.2, 0.25) is 0 Å². The molecule has 0 radical (unpaired) electrons. The maximum absolute atomic E-state index is 6.06. The fraction of sp³-hybridized carbons (Fsp3) is 0.185. The second kappa shape index (κ2) is 9.23. The molecule has 28 heavy (non-hydrogen) atoms. The van der Waals surface area contributed by atoms with E-state index in [0.29, 0.717) is 6.61 Å². The van der Waals surface area contributed by atoms with E-state index in [4.69, 9.17) is 4.74 Å². The van der Waals surface area contributed by atoms with E-state index in [2.05, 4.69) is 97.1 Å². The fourth-order valence-electron chi connectivity index (χ4n) is 3.59. The van der Waals surface area contributed by atoms with Crippen LogP contribution in [0.4, 0.5) is 0 Å². The van der Waals surface area contributed by atoms with Crippen LogP contribution in [0.25, 0.3) is 10.8 Å². The Kier molecular flexibility index (Phi) is 6.04. The van der Waals surface area contributed by atoms with Crippen LogP contribution in [0.1, 0.15) is 29.5 Å². The average Bonchev–Trinajstić information content (AvgIpc) is 2.76. The normalized spacial score (nSPS) is 10.9. The highest BCUT2D eigenvalue weighted by Gasteiger charge is 2.01. The van der Waals surface area contributed by atoms with Crippen LogP contribution < -0.4 is 4.74 Å². The Morgan fingerprint density at radius 3 is 2.07 bits per heavy atom. The van der Waals surface area contributed by atoms with Gasteiger partial charge < -0.3 is 4.74 Å². The van der Waals surface area contributed by atoms with Crippen molar-refractivity contribution < 1.29 is 4.74 Å². The Labute approximate surface area is 167 Å². The largest absolute Gasteiger partial charge is 0.489 e. The molecule has 1 heteroatoms. The number of hydrogen-bond acceptors (Lipinski definition) is 1. The molecule has 1 nitrogen and oxygen atoms in total. The first-order chi connectivity index (χ1) is 13.9. The fourth-order valence-corrected chi connectivity index (χ4v) is 3.59. The maximum atomic E-state index is 6.06. The Morgan fingerprint density at radius 1 is 0.500 bits per heavy atom. The topological polar surface area (TPSA) is 9.23 Å². The molecule has 140 valence electrons. The van der Waals surface area contributed by atoms with E-state index < -0.39 is 0 Å². The minimum absolute atomic E-state index is 0.599. The highest BCUT2D eigenvalue weighted by atomic mass is 16.5. The van der Waals surface area contributed by atoms with Gasteiger partial charge in [-0.2, -0.15) is 0 Å². The third-order valence-corrected chi connectivity index (χ3v) is 5.14. The van der Waals surface area contributed by atoms with Gasteiger partial charge in [0, 0.05) is 0 Å². The highest BCUT2D eigenvalue weighted by Crippen LogP contribution is 2.20. The summed E-state index contributed by atoms with van der Waals surface area (Å²) in [4.78, 5) is 0. The van der Waals surface area contributed by atoms with E-state index in [1.807, 2.05) is 0 Å². The summed E-state index contributed by atoms with van der Waals surface area (Å²) in [5.74, 6) is 0.953. The van der Waals surface area contributed by atoms with Crippen molar-refractivity contribution in [2.24, 2.45) is 0 Å². The number of ether oxygens (including phenoxy) is 1. The molecule has 0 aromatic heterocycles. The lowest BCUT2D eigenvalue weighted by molar-refractivity contribution is 0.306. The van der Waals surface area contributed by atoms with Crippen LogP contribution in [0.15, 0.2) is 97.1 Å². The summed E-state index contributed by atoms with van der Waals surface area (Å²) < 4.78 is 6.06. The number of rotatable bonds is 8. The first-order valence-electron chi connectivity index (χ1n) is 10.1. The second-order valence-electron chi connectivity index (χ2n) is 7.31. The standard InChI is InChI=1S/C27H26O/c1-2-9-22(10-3-1)11-4-5-12-23-13-8-16-27(20-23)28-21-24-17-18-25-14-6-7-15-26(25)19-24/h1-3,6-10,13-20H,4-5,11-12,21H2. The van der Waals surface area contributed by atoms with Crippen molar-refractivity contribution in [3.8, 4) is 5.75 Å². The predicted molar refractivity (Wildman–Crippen MR) is 118 cm³/mol. The summed E-state index contributed by atoms with van der Waals surface area (Å²) in [5.41, 5.74) is 3.98. The zero-order valence-corrected chi connectivity index (χ0v) is 16.2. The SMILES string of the molecule is c1ccc(CCCCc2cccc(OCc3ccc4ccccc4c3)c2)cc1. The summed E-state index contributed by atoms with van der Waals surface area (Å²) in [6, 6.07) is 34.2. The third-order valence-electron chi connectivity index (χ3n) is 5.14. The van der Waals surface area contributed by atoms with Gasteiger partial charge in [0.1, 0.15) is 12.4 Å². The van der Waals surface area contributed by atoms with Crippen LogP contribution in [0.3, 0.4) is 0 Å². The van der Waals surface area contributed by atoms with Gasteiger partial charge in [-0.15, -0.1) is 0 Å². The Hall–Kier alpha value is -3.06. The lowest BCUT2D eigenvalue weighted by Crippen LogP contribution is -1.96. The van der Waals surface area contributed by atoms with Gasteiger partial charge in [-0.05, 0) is 71.3 Å². The van der Waals surface area contributed by atoms with Gasteiger partial charge in [0.05, 0.1) is 0 Å². The number of unbranched alkanes of at least 4 members (excludes halogenated alkanes) is 1. The molecule has 0 aliphatic carbocycles. The summed E-state index contributed by atoms with van der Waals surface area (Å²) in [7, 11) is 0. The third kappa shape index (κ3) is 5.01. The van der Waals surface area contributed by atoms with Gasteiger partial charge in [0.15, 0.2) is 0 Å². The summed E-state index contributed by atoms with van der Waals surface area (Å²) in [5, 5.41) is 2.53. The van der Waals surface area contributed by atoms with E-state index in [9.17, 15) is 0 Å². The zero-order chi connectivity index (χ0) is 19.0. The molecule has 0 unspecified atom stereocenters. The predicted octanol–water partition coefficient (Wildman–Crippen LogP) is 6.98. The first-order valence-corrected chi connectivity index (χ1v) is 10.1. The minimum Gasteiger partial charge on any atom is -0.489 e. The van der Waals surface area contributed by atoms with Crippen molar-refractivity contribution in [3.63, 3.8) is 0 Å². The molecule has 0 N–H and O–H groups in total. The van der Waals surface area contributed by atoms with Crippen LogP contribution in [0.2, 0.25) is 0 Å². The molecule has 0 bridgehead atoms. The minimum atomic E-state index is 0.599. The van der Waals surface area contributed by atoms with Gasteiger partial charge in [0.25, 0.3) is 0 Å². The molecule has 0 spiro atoms. The van der Waals surface area contributed by atoms with Crippen molar-refractivity contribution in [2.45, 2.75) is 32.3 Å². The summed E-state index contributed by atoms with van der Waals surface area (Å²) in [6.07, 6.45) is 4.66. The van der Waals surface area contributed by atoms with Crippen molar-refractivity contribution in [1.82, 2.24) is 0 Å². The molecule has 0 amide bonds. The van der Waals surface area contributed by atoms with E-state index in [1.165, 1.54) is 40.3 Å². The molecule has 0 heterocycles. The number of benzene rings is 4. The molecule has 0 atom stereocenters. The molecule has 4 aromatic rings. The number of hydrogen-bond donors (Lipinski definition) is 0. The molecule has 0 aliphatic heterocycles. The van der Waals surface area contributed by atoms with Crippen LogP contribution in [0.5, 0.6) is 5.75 Å². The first kappa shape index (κ1) is 18.3. The molecule has 0 aliphatic rings. The van der Waals surface area contributed by atoms with E-state index in [1.54, 1.807) is 0 Å². The Morgan fingerprint density at radius 2 is 1.21 bits per heavy atom. The van der Waals surface area contributed by atoms with Crippen molar-refractivity contribution in [2.75, 3.05) is 0 Å². The van der Waals surface area contributed by atoms with Gasteiger partial charge in [-0.3, -0.25) is 0 Å². The number of fused-ring (bicyclic) bond motifs is 1. The second-order valence-corrected chi connectivity index (χ2v) is 7.31. The molecular formula is C27H26O. The van der Waals surface area contributed by atoms with Crippen molar-refractivity contribution in [3.05, 3.63) is 114 Å². The monoisotopic (exact) mass is 366 g/mol. The Bertz CT molecular complexity index is 1020. The van der Waals surface area contributed by atoms with Crippen molar-refractivity contribution >= 4 is 10.8 Å². The van der Waals surface area contributed by atoms with Crippen molar-refractivity contribution in [1.29, 1.82) is 0 Å². The molecule has 0 fully saturated rings. The van der Waals surface area contributed by atoms with E-state index in [-0.39, 0.29) is 0 Å². The quantitative estimate of drug-likeness (QED) is 0.306. The molecular weight excluding hydrogens is 340 g/mol. The van der Waals surface area contributed by atoms with Gasteiger partial charge in [-0.1, -0.05) is 78.9 Å². The summed E-state index contributed by atoms with van der Waals surface area (Å²) >= 11 is 0. The van der Waals surface area contributed by atoms with Crippen LogP contribution >= 0.6 is 0 Å².